The molecule has 2 aromatic rings. The fraction of sp³-hybridized carbons (Fsp3) is 0.579. The van der Waals surface area contributed by atoms with Crippen LogP contribution in [-0.2, 0) is 11.3 Å². The Morgan fingerprint density at radius 2 is 2.16 bits per heavy atom. The lowest BCUT2D eigenvalue weighted by Gasteiger charge is -2.48. The smallest absolute Gasteiger partial charge is 0.138 e. The number of anilines is 1. The van der Waals surface area contributed by atoms with E-state index < -0.39 is 0 Å². The Morgan fingerprint density at radius 1 is 1.24 bits per heavy atom. The van der Waals surface area contributed by atoms with Crippen molar-refractivity contribution in [2.75, 3.05) is 37.7 Å². The molecule has 0 amide bonds. The standard InChI is InChI=1S/C19H26N4O2/c1-15-18(16(2)25-21-15)12-22-9-10-24-19(13-22)6-4-8-23(14-19)17-5-3-7-20-11-17/h3,5,7,11H,4,6,8-10,12-14H2,1-2H3. The molecule has 2 aliphatic rings. The summed E-state index contributed by atoms with van der Waals surface area (Å²) < 4.78 is 11.7. The molecule has 4 heterocycles. The van der Waals surface area contributed by atoms with Crippen molar-refractivity contribution in [3.63, 3.8) is 0 Å². The van der Waals surface area contributed by atoms with Gasteiger partial charge in [0.15, 0.2) is 0 Å². The average molecular weight is 342 g/mol. The van der Waals surface area contributed by atoms with Crippen molar-refractivity contribution < 1.29 is 9.26 Å². The normalized spacial score (nSPS) is 24.8. The van der Waals surface area contributed by atoms with Crippen LogP contribution in [0, 0.1) is 13.8 Å². The largest absolute Gasteiger partial charge is 0.370 e. The quantitative estimate of drug-likeness (QED) is 0.854. The van der Waals surface area contributed by atoms with E-state index >= 15 is 0 Å². The van der Waals surface area contributed by atoms with Gasteiger partial charge >= 0.3 is 0 Å². The van der Waals surface area contributed by atoms with Crippen LogP contribution in [0.4, 0.5) is 5.69 Å². The molecule has 1 spiro atoms. The van der Waals surface area contributed by atoms with Gasteiger partial charge in [-0.1, -0.05) is 5.16 Å². The van der Waals surface area contributed by atoms with Crippen LogP contribution in [0.3, 0.4) is 0 Å². The van der Waals surface area contributed by atoms with E-state index in [1.165, 1.54) is 11.3 Å². The number of hydrogen-bond donors (Lipinski definition) is 0. The predicted octanol–water partition coefficient (Wildman–Crippen LogP) is 2.56. The van der Waals surface area contributed by atoms with Gasteiger partial charge in [0.2, 0.25) is 0 Å². The monoisotopic (exact) mass is 342 g/mol. The number of piperidine rings is 1. The molecule has 0 N–H and O–H groups in total. The molecule has 0 aromatic carbocycles. The van der Waals surface area contributed by atoms with Crippen LogP contribution in [-0.4, -0.2) is 53.4 Å². The summed E-state index contributed by atoms with van der Waals surface area (Å²) in [5.41, 5.74) is 3.31. The highest BCUT2D eigenvalue weighted by Crippen LogP contribution is 2.32. The van der Waals surface area contributed by atoms with Crippen LogP contribution in [0.1, 0.15) is 29.9 Å². The first kappa shape index (κ1) is 16.5. The second-order valence-corrected chi connectivity index (χ2v) is 7.28. The lowest BCUT2D eigenvalue weighted by atomic mass is 9.90. The molecule has 25 heavy (non-hydrogen) atoms. The van der Waals surface area contributed by atoms with Crippen molar-refractivity contribution >= 4 is 5.69 Å². The molecule has 2 saturated heterocycles. The van der Waals surface area contributed by atoms with E-state index in [2.05, 4.69) is 26.0 Å². The number of aromatic nitrogens is 2. The lowest BCUT2D eigenvalue weighted by molar-refractivity contribution is -0.116. The molecule has 0 saturated carbocycles. The van der Waals surface area contributed by atoms with E-state index in [0.717, 1.165) is 63.6 Å². The summed E-state index contributed by atoms with van der Waals surface area (Å²) in [6.07, 6.45) is 6.03. The summed E-state index contributed by atoms with van der Waals surface area (Å²) in [4.78, 5) is 9.17. The van der Waals surface area contributed by atoms with E-state index in [9.17, 15) is 0 Å². The van der Waals surface area contributed by atoms with Crippen LogP contribution in [0.5, 0.6) is 0 Å². The first-order valence-electron chi connectivity index (χ1n) is 9.08. The van der Waals surface area contributed by atoms with Gasteiger partial charge in [-0.25, -0.2) is 0 Å². The minimum atomic E-state index is -0.0919. The van der Waals surface area contributed by atoms with Crippen molar-refractivity contribution in [1.82, 2.24) is 15.0 Å². The molecule has 2 aromatic heterocycles. The van der Waals surface area contributed by atoms with Gasteiger partial charge in [-0.05, 0) is 38.8 Å². The van der Waals surface area contributed by atoms with Gasteiger partial charge in [0.05, 0.1) is 29.8 Å². The van der Waals surface area contributed by atoms with Crippen LogP contribution in [0.25, 0.3) is 0 Å². The zero-order valence-corrected chi connectivity index (χ0v) is 15.1. The number of hydrogen-bond acceptors (Lipinski definition) is 6. The topological polar surface area (TPSA) is 54.6 Å². The van der Waals surface area contributed by atoms with Crippen LogP contribution in [0.15, 0.2) is 29.0 Å². The third kappa shape index (κ3) is 3.41. The Kier molecular flexibility index (Phi) is 4.48. The maximum absolute atomic E-state index is 6.33. The minimum Gasteiger partial charge on any atom is -0.370 e. The van der Waals surface area contributed by atoms with Crippen LogP contribution < -0.4 is 4.90 Å². The molecule has 2 aliphatic heterocycles. The Hall–Kier alpha value is -1.92. The van der Waals surface area contributed by atoms with Crippen molar-refractivity contribution in [3.05, 3.63) is 41.5 Å². The highest BCUT2D eigenvalue weighted by molar-refractivity contribution is 5.44. The Morgan fingerprint density at radius 3 is 2.92 bits per heavy atom. The number of rotatable bonds is 3. The molecule has 2 fully saturated rings. The number of aryl methyl sites for hydroxylation is 2. The molecular weight excluding hydrogens is 316 g/mol. The molecule has 1 atom stereocenters. The van der Waals surface area contributed by atoms with E-state index in [1.807, 2.05) is 32.3 Å². The van der Waals surface area contributed by atoms with Gasteiger partial charge < -0.3 is 14.2 Å². The number of pyridine rings is 1. The Bertz CT molecular complexity index is 694. The maximum Gasteiger partial charge on any atom is 0.138 e. The highest BCUT2D eigenvalue weighted by Gasteiger charge is 2.40. The first-order valence-corrected chi connectivity index (χ1v) is 9.08. The van der Waals surface area contributed by atoms with E-state index in [0.29, 0.717) is 0 Å². The van der Waals surface area contributed by atoms with Crippen molar-refractivity contribution in [2.45, 2.75) is 38.8 Å². The second kappa shape index (κ2) is 6.77. The van der Waals surface area contributed by atoms with Gasteiger partial charge in [-0.3, -0.25) is 9.88 Å². The number of nitrogens with zero attached hydrogens (tertiary/aromatic N) is 4. The van der Waals surface area contributed by atoms with E-state index in [1.54, 1.807) is 0 Å². The van der Waals surface area contributed by atoms with Crippen LogP contribution >= 0.6 is 0 Å². The number of ether oxygens (including phenoxy) is 1. The zero-order valence-electron chi connectivity index (χ0n) is 15.1. The summed E-state index contributed by atoms with van der Waals surface area (Å²) in [6, 6.07) is 4.14. The first-order chi connectivity index (χ1) is 12.2. The molecule has 6 nitrogen and oxygen atoms in total. The average Bonchev–Trinajstić information content (AvgIpc) is 2.95. The van der Waals surface area contributed by atoms with Gasteiger partial charge in [0.1, 0.15) is 5.76 Å². The fourth-order valence-corrected chi connectivity index (χ4v) is 4.12. The summed E-state index contributed by atoms with van der Waals surface area (Å²) in [6.45, 7) is 9.59. The summed E-state index contributed by atoms with van der Waals surface area (Å²) in [5.74, 6) is 0.929. The molecular formula is C19H26N4O2. The zero-order chi connectivity index (χ0) is 17.3. The van der Waals surface area contributed by atoms with Gasteiger partial charge in [-0.15, -0.1) is 0 Å². The van der Waals surface area contributed by atoms with Crippen molar-refractivity contribution in [3.8, 4) is 0 Å². The number of morpholine rings is 1. The molecule has 1 unspecified atom stereocenters. The van der Waals surface area contributed by atoms with Gasteiger partial charge in [0, 0.05) is 44.5 Å². The molecule has 0 radical (unpaired) electrons. The van der Waals surface area contributed by atoms with E-state index in [-0.39, 0.29) is 5.60 Å². The molecule has 0 aliphatic carbocycles. The summed E-state index contributed by atoms with van der Waals surface area (Å²) in [5, 5.41) is 4.09. The van der Waals surface area contributed by atoms with Gasteiger partial charge in [-0.2, -0.15) is 0 Å². The summed E-state index contributed by atoms with van der Waals surface area (Å²) >= 11 is 0. The third-order valence-electron chi connectivity index (χ3n) is 5.44. The lowest BCUT2D eigenvalue weighted by Crippen LogP contribution is -2.59. The second-order valence-electron chi connectivity index (χ2n) is 7.28. The molecule has 0 bridgehead atoms. The predicted molar refractivity (Wildman–Crippen MR) is 95.6 cm³/mol. The van der Waals surface area contributed by atoms with Crippen molar-refractivity contribution in [2.24, 2.45) is 0 Å². The van der Waals surface area contributed by atoms with Gasteiger partial charge in [0.25, 0.3) is 0 Å². The fourth-order valence-electron chi connectivity index (χ4n) is 4.12. The van der Waals surface area contributed by atoms with Crippen molar-refractivity contribution in [1.29, 1.82) is 0 Å². The molecule has 6 heteroatoms. The minimum absolute atomic E-state index is 0.0919. The van der Waals surface area contributed by atoms with E-state index in [4.69, 9.17) is 9.26 Å². The SMILES string of the molecule is Cc1noc(C)c1CN1CCOC2(CCCN(c3cccnc3)C2)C1. The third-order valence-corrected chi connectivity index (χ3v) is 5.44. The maximum atomic E-state index is 6.33. The molecule has 4 rings (SSSR count). The summed E-state index contributed by atoms with van der Waals surface area (Å²) in [7, 11) is 0. The molecule has 134 valence electrons. The van der Waals surface area contributed by atoms with Crippen LogP contribution in [0.2, 0.25) is 0 Å². The Labute approximate surface area is 148 Å². The Balaban J connectivity index is 1.48. The highest BCUT2D eigenvalue weighted by atomic mass is 16.5.